The minimum atomic E-state index is -0.243. The Morgan fingerprint density at radius 2 is 1.28 bits per heavy atom. The zero-order chi connectivity index (χ0) is 27.4. The van der Waals surface area contributed by atoms with Gasteiger partial charge in [0.15, 0.2) is 23.0 Å². The molecule has 0 spiro atoms. The van der Waals surface area contributed by atoms with E-state index in [1.165, 1.54) is 61.2 Å². The van der Waals surface area contributed by atoms with Crippen LogP contribution < -0.4 is 18.9 Å². The number of hydrogen-bond donors (Lipinski definition) is 0. The average molecular weight is 596 g/mol. The Hall–Kier alpha value is -1.41. The third-order valence-electron chi connectivity index (χ3n) is 8.55. The third-order valence-corrected chi connectivity index (χ3v) is 11.8. The highest BCUT2D eigenvalue weighted by Crippen LogP contribution is 2.53. The number of nitrogens with zero attached hydrogens (tertiary/aromatic N) is 1. The van der Waals surface area contributed by atoms with E-state index in [1.54, 1.807) is 28.4 Å². The molecule has 1 saturated carbocycles. The summed E-state index contributed by atoms with van der Waals surface area (Å²) in [6, 6.07) is 13.0. The average Bonchev–Trinajstić information content (AvgIpc) is 2.95. The Kier molecular flexibility index (Phi) is 11.1. The summed E-state index contributed by atoms with van der Waals surface area (Å²) in [5.74, 6) is 5.51. The van der Waals surface area contributed by atoms with Crippen LogP contribution >= 0.6 is 35.9 Å². The molecule has 0 amide bonds. The van der Waals surface area contributed by atoms with Crippen LogP contribution in [-0.2, 0) is 11.0 Å². The van der Waals surface area contributed by atoms with Crippen LogP contribution in [0.4, 0.5) is 0 Å². The van der Waals surface area contributed by atoms with Crippen LogP contribution in [0, 0.1) is 0 Å². The van der Waals surface area contributed by atoms with Crippen molar-refractivity contribution in [1.82, 2.24) is 4.90 Å². The zero-order valence-corrected chi connectivity index (χ0v) is 27.1. The van der Waals surface area contributed by atoms with E-state index in [-0.39, 0.29) is 27.6 Å². The van der Waals surface area contributed by atoms with E-state index in [4.69, 9.17) is 18.9 Å². The monoisotopic (exact) mass is 595 g/mol. The molecule has 0 aromatic heterocycles. The van der Waals surface area contributed by atoms with Crippen LogP contribution in [0.5, 0.6) is 23.0 Å². The van der Waals surface area contributed by atoms with Gasteiger partial charge < -0.3 is 18.9 Å². The largest absolute Gasteiger partial charge is 0.493 e. The Labute approximate surface area is 250 Å². The molecule has 1 heterocycles. The minimum Gasteiger partial charge on any atom is -0.493 e. The van der Waals surface area contributed by atoms with Gasteiger partial charge in [0.05, 0.1) is 28.4 Å². The number of rotatable bonds is 10. The molecule has 1 saturated heterocycles. The van der Waals surface area contributed by atoms with Crippen molar-refractivity contribution in [3.8, 4) is 23.0 Å². The van der Waals surface area contributed by atoms with Crippen molar-refractivity contribution < 1.29 is 18.9 Å². The molecular formula is C31H46ClNO4S2. The van der Waals surface area contributed by atoms with Gasteiger partial charge in [0.25, 0.3) is 0 Å². The first-order chi connectivity index (χ1) is 18.2. The van der Waals surface area contributed by atoms with Crippen LogP contribution in [-0.4, -0.2) is 55.6 Å². The summed E-state index contributed by atoms with van der Waals surface area (Å²) in [5, 5.41) is 0. The van der Waals surface area contributed by atoms with Crippen molar-refractivity contribution in [2.75, 3.05) is 46.5 Å². The molecule has 1 aliphatic carbocycles. The quantitative estimate of drug-likeness (QED) is 0.274. The van der Waals surface area contributed by atoms with Crippen molar-refractivity contribution >= 4 is 35.9 Å². The maximum Gasteiger partial charge on any atom is 0.161 e. The first-order valence-electron chi connectivity index (χ1n) is 13.7. The molecule has 0 radical (unpaired) electrons. The Morgan fingerprint density at radius 3 is 1.85 bits per heavy atom. The number of halogens is 1. The summed E-state index contributed by atoms with van der Waals surface area (Å²) in [6.45, 7) is 8.16. The van der Waals surface area contributed by atoms with E-state index in [0.717, 1.165) is 29.5 Å². The molecular weight excluding hydrogens is 550 g/mol. The van der Waals surface area contributed by atoms with Gasteiger partial charge in [0, 0.05) is 17.5 Å². The van der Waals surface area contributed by atoms with E-state index in [2.05, 4.69) is 79.5 Å². The Bertz CT molecular complexity index is 1080. The Morgan fingerprint density at radius 1 is 0.744 bits per heavy atom. The molecule has 0 atom stereocenters. The van der Waals surface area contributed by atoms with Crippen LogP contribution in [0.15, 0.2) is 36.4 Å². The molecule has 2 aliphatic rings. The lowest BCUT2D eigenvalue weighted by atomic mass is 9.68. The van der Waals surface area contributed by atoms with Crippen LogP contribution in [0.25, 0.3) is 0 Å². The predicted molar refractivity (Wildman–Crippen MR) is 169 cm³/mol. The number of methoxy groups -OCH3 is 4. The fraction of sp³-hybridized carbons (Fsp3) is 0.613. The smallest absolute Gasteiger partial charge is 0.161 e. The zero-order valence-electron chi connectivity index (χ0n) is 24.6. The summed E-state index contributed by atoms with van der Waals surface area (Å²) in [4.78, 5) is 2.79. The van der Waals surface area contributed by atoms with E-state index >= 15 is 0 Å². The van der Waals surface area contributed by atoms with Gasteiger partial charge in [-0.15, -0.1) is 35.9 Å². The highest BCUT2D eigenvalue weighted by atomic mass is 35.5. The lowest BCUT2D eigenvalue weighted by Crippen LogP contribution is -2.58. The van der Waals surface area contributed by atoms with Gasteiger partial charge in [-0.25, -0.2) is 0 Å². The molecule has 0 bridgehead atoms. The highest BCUT2D eigenvalue weighted by molar-refractivity contribution is 8.18. The number of benzene rings is 2. The topological polar surface area (TPSA) is 40.2 Å². The van der Waals surface area contributed by atoms with Gasteiger partial charge >= 0.3 is 0 Å². The van der Waals surface area contributed by atoms with Gasteiger partial charge in [0.1, 0.15) is 4.20 Å². The molecule has 4 rings (SSSR count). The molecule has 39 heavy (non-hydrogen) atoms. The van der Waals surface area contributed by atoms with Gasteiger partial charge in [0.2, 0.25) is 0 Å². The summed E-state index contributed by atoms with van der Waals surface area (Å²) in [5.41, 5.74) is 2.39. The predicted octanol–water partition coefficient (Wildman–Crippen LogP) is 8.13. The van der Waals surface area contributed by atoms with Gasteiger partial charge in [-0.05, 0) is 86.9 Å². The van der Waals surface area contributed by atoms with Gasteiger partial charge in [-0.3, -0.25) is 4.90 Å². The van der Waals surface area contributed by atoms with Crippen molar-refractivity contribution in [2.45, 2.75) is 74.5 Å². The van der Waals surface area contributed by atoms with E-state index in [1.807, 2.05) is 6.07 Å². The standard InChI is InChI=1S/C31H45NO4S2.ClH/c1-29(2,23-12-14-25(33-4)27(20-23)35-6)32(30(3)37-18-11-19-38-30)22-31(16-9-8-10-17-31)24-13-15-26(34-5)28(21-24)36-7;/h12-15,20-21H,8-11,16-19,22H2,1-7H3;1H. The molecule has 8 heteroatoms. The minimum absolute atomic E-state index is 0. The number of thioether (sulfide) groups is 2. The molecule has 2 aromatic rings. The summed E-state index contributed by atoms with van der Waals surface area (Å²) >= 11 is 4.19. The second-order valence-electron chi connectivity index (χ2n) is 11.1. The van der Waals surface area contributed by atoms with Crippen LogP contribution in [0.2, 0.25) is 0 Å². The molecule has 1 aliphatic heterocycles. The lowest BCUT2D eigenvalue weighted by molar-refractivity contribution is 0.0533. The van der Waals surface area contributed by atoms with Gasteiger partial charge in [-0.1, -0.05) is 31.4 Å². The second kappa shape index (κ2) is 13.5. The molecule has 2 fully saturated rings. The maximum absolute atomic E-state index is 5.77. The van der Waals surface area contributed by atoms with Crippen LogP contribution in [0.3, 0.4) is 0 Å². The lowest BCUT2D eigenvalue weighted by Gasteiger charge is -2.55. The van der Waals surface area contributed by atoms with Crippen molar-refractivity contribution in [3.05, 3.63) is 47.5 Å². The van der Waals surface area contributed by atoms with Crippen molar-refractivity contribution in [1.29, 1.82) is 0 Å². The van der Waals surface area contributed by atoms with E-state index < -0.39 is 0 Å². The fourth-order valence-electron chi connectivity index (χ4n) is 6.24. The molecule has 5 nitrogen and oxygen atoms in total. The summed E-state index contributed by atoms with van der Waals surface area (Å²) in [7, 11) is 6.85. The first kappa shape index (κ1) is 32.1. The first-order valence-corrected chi connectivity index (χ1v) is 15.7. The molecule has 218 valence electrons. The summed E-state index contributed by atoms with van der Waals surface area (Å²) < 4.78 is 22.6. The van der Waals surface area contributed by atoms with Crippen LogP contribution in [0.1, 0.15) is 70.4 Å². The molecule has 2 aromatic carbocycles. The highest BCUT2D eigenvalue weighted by Gasteiger charge is 2.48. The fourth-order valence-corrected chi connectivity index (χ4v) is 9.48. The third kappa shape index (κ3) is 6.58. The molecule has 0 unspecified atom stereocenters. The second-order valence-corrected chi connectivity index (χ2v) is 14.3. The Balaban J connectivity index is 0.00000420. The summed E-state index contributed by atoms with van der Waals surface area (Å²) in [6.07, 6.45) is 7.40. The molecule has 0 N–H and O–H groups in total. The SMILES string of the molecule is COc1ccc(C2(CN(C3(C)SCCCS3)C(C)(C)c3ccc(OC)c(OC)c3)CCCCC2)cc1OC.Cl. The number of hydrogen-bond acceptors (Lipinski definition) is 7. The number of ether oxygens (including phenoxy) is 4. The van der Waals surface area contributed by atoms with E-state index in [0.29, 0.717) is 0 Å². The maximum atomic E-state index is 5.77. The normalized spacial score (nSPS) is 18.7. The van der Waals surface area contributed by atoms with Crippen molar-refractivity contribution in [2.24, 2.45) is 0 Å². The van der Waals surface area contributed by atoms with E-state index in [9.17, 15) is 0 Å². The van der Waals surface area contributed by atoms with Crippen molar-refractivity contribution in [3.63, 3.8) is 0 Å². The van der Waals surface area contributed by atoms with Gasteiger partial charge in [-0.2, -0.15) is 0 Å².